The number of thiazole rings is 1. The molecule has 0 fully saturated rings. The number of nitrogens with zero attached hydrogens (tertiary/aromatic N) is 3. The fraction of sp³-hybridized carbons (Fsp3) is 0.235. The second-order valence-corrected chi connectivity index (χ2v) is 6.44. The standard InChI is InChI=1S/C17H17N3O2S/c1-12(2)10-15(21)22-18-11-14-16(13-6-4-3-5-7-13)19-17-20(14)8-9-23-17/h3-9,11-12H,10H2,1-2H3/b18-11-. The quantitative estimate of drug-likeness (QED) is 0.404. The Labute approximate surface area is 138 Å². The van der Waals surface area contributed by atoms with E-state index in [4.69, 9.17) is 4.84 Å². The maximum atomic E-state index is 11.6. The van der Waals surface area contributed by atoms with Gasteiger partial charge in [0.05, 0.1) is 24.0 Å². The fourth-order valence-electron chi connectivity index (χ4n) is 2.24. The van der Waals surface area contributed by atoms with Crippen molar-refractivity contribution in [3.8, 4) is 11.3 Å². The highest BCUT2D eigenvalue weighted by Crippen LogP contribution is 2.25. The summed E-state index contributed by atoms with van der Waals surface area (Å²) in [4.78, 5) is 22.0. The molecule has 118 valence electrons. The van der Waals surface area contributed by atoms with E-state index < -0.39 is 0 Å². The average molecular weight is 327 g/mol. The van der Waals surface area contributed by atoms with E-state index in [0.29, 0.717) is 6.42 Å². The summed E-state index contributed by atoms with van der Waals surface area (Å²) in [5.41, 5.74) is 2.62. The summed E-state index contributed by atoms with van der Waals surface area (Å²) in [6.07, 6.45) is 3.83. The Kier molecular flexibility index (Phi) is 4.52. The summed E-state index contributed by atoms with van der Waals surface area (Å²) < 4.78 is 1.94. The number of carbonyl (C=O) groups is 1. The van der Waals surface area contributed by atoms with Crippen molar-refractivity contribution in [3.63, 3.8) is 0 Å². The molecule has 6 heteroatoms. The molecule has 0 unspecified atom stereocenters. The van der Waals surface area contributed by atoms with Crippen LogP contribution in [0.2, 0.25) is 0 Å². The van der Waals surface area contributed by atoms with Crippen LogP contribution in [-0.4, -0.2) is 21.6 Å². The molecule has 0 saturated heterocycles. The molecule has 5 nitrogen and oxygen atoms in total. The fourth-order valence-corrected chi connectivity index (χ4v) is 2.96. The van der Waals surface area contributed by atoms with E-state index >= 15 is 0 Å². The van der Waals surface area contributed by atoms with Crippen LogP contribution in [0.15, 0.2) is 47.1 Å². The summed E-state index contributed by atoms with van der Waals surface area (Å²) in [5, 5.41) is 5.81. The lowest BCUT2D eigenvalue weighted by atomic mass is 10.1. The second kappa shape index (κ2) is 6.75. The van der Waals surface area contributed by atoms with Crippen LogP contribution >= 0.6 is 11.3 Å². The molecule has 0 spiro atoms. The van der Waals surface area contributed by atoms with Gasteiger partial charge in [-0.15, -0.1) is 11.3 Å². The van der Waals surface area contributed by atoms with Gasteiger partial charge in [0, 0.05) is 17.1 Å². The number of rotatable bonds is 5. The molecule has 1 aromatic carbocycles. The number of carbonyl (C=O) groups excluding carboxylic acids is 1. The Hall–Kier alpha value is -2.47. The highest BCUT2D eigenvalue weighted by Gasteiger charge is 2.13. The van der Waals surface area contributed by atoms with Crippen LogP contribution in [0.5, 0.6) is 0 Å². The molecule has 3 aromatic rings. The average Bonchev–Trinajstić information content (AvgIpc) is 3.09. The van der Waals surface area contributed by atoms with Crippen LogP contribution in [-0.2, 0) is 9.63 Å². The van der Waals surface area contributed by atoms with Crippen LogP contribution < -0.4 is 0 Å². The molecule has 0 radical (unpaired) electrons. The third-order valence-corrected chi connectivity index (χ3v) is 4.01. The van der Waals surface area contributed by atoms with Crippen molar-refractivity contribution >= 4 is 28.5 Å². The Morgan fingerprint density at radius 1 is 1.39 bits per heavy atom. The summed E-state index contributed by atoms with van der Waals surface area (Å²) in [7, 11) is 0. The van der Waals surface area contributed by atoms with Gasteiger partial charge in [-0.1, -0.05) is 49.3 Å². The van der Waals surface area contributed by atoms with Crippen LogP contribution in [0.25, 0.3) is 16.2 Å². The number of aromatic nitrogens is 2. The molecule has 3 rings (SSSR count). The van der Waals surface area contributed by atoms with E-state index in [0.717, 1.165) is 21.9 Å². The van der Waals surface area contributed by atoms with Gasteiger partial charge in [-0.05, 0) is 5.92 Å². The van der Waals surface area contributed by atoms with Gasteiger partial charge < -0.3 is 4.84 Å². The number of imidazole rings is 1. The summed E-state index contributed by atoms with van der Waals surface area (Å²) in [5.74, 6) is -0.0836. The smallest absolute Gasteiger partial charge is 0.318 e. The van der Waals surface area contributed by atoms with Gasteiger partial charge in [0.1, 0.15) is 0 Å². The van der Waals surface area contributed by atoms with Crippen molar-refractivity contribution in [2.75, 3.05) is 0 Å². The van der Waals surface area contributed by atoms with Crippen molar-refractivity contribution in [3.05, 3.63) is 47.6 Å². The molecule has 0 bridgehead atoms. The number of fused-ring (bicyclic) bond motifs is 1. The van der Waals surface area contributed by atoms with E-state index in [9.17, 15) is 4.79 Å². The molecule has 0 amide bonds. The Morgan fingerprint density at radius 3 is 2.91 bits per heavy atom. The number of hydrogen-bond donors (Lipinski definition) is 0. The first kappa shape index (κ1) is 15.4. The topological polar surface area (TPSA) is 56.0 Å². The minimum Gasteiger partial charge on any atom is -0.318 e. The second-order valence-electron chi connectivity index (χ2n) is 5.56. The zero-order chi connectivity index (χ0) is 16.2. The summed E-state index contributed by atoms with van der Waals surface area (Å²) in [6, 6.07) is 9.88. The Morgan fingerprint density at radius 2 is 2.17 bits per heavy atom. The lowest BCUT2D eigenvalue weighted by Crippen LogP contribution is -2.04. The zero-order valence-corrected chi connectivity index (χ0v) is 13.8. The molecule has 0 aliphatic carbocycles. The predicted octanol–water partition coefficient (Wildman–Crippen LogP) is 3.99. The highest BCUT2D eigenvalue weighted by atomic mass is 32.1. The largest absolute Gasteiger partial charge is 0.335 e. The van der Waals surface area contributed by atoms with Gasteiger partial charge in [-0.25, -0.2) is 9.78 Å². The van der Waals surface area contributed by atoms with Crippen LogP contribution in [0.1, 0.15) is 26.0 Å². The number of oxime groups is 1. The van der Waals surface area contributed by atoms with Gasteiger partial charge in [-0.3, -0.25) is 4.40 Å². The van der Waals surface area contributed by atoms with Gasteiger partial charge in [-0.2, -0.15) is 0 Å². The highest BCUT2D eigenvalue weighted by molar-refractivity contribution is 7.15. The van der Waals surface area contributed by atoms with Crippen LogP contribution in [0.3, 0.4) is 0 Å². The SMILES string of the molecule is CC(C)CC(=O)O/N=C\c1c(-c2ccccc2)nc2sccn12. The first-order valence-electron chi connectivity index (χ1n) is 7.39. The van der Waals surface area contributed by atoms with Crippen LogP contribution in [0.4, 0.5) is 0 Å². The van der Waals surface area contributed by atoms with Gasteiger partial charge in [0.2, 0.25) is 0 Å². The molecule has 0 saturated carbocycles. The lowest BCUT2D eigenvalue weighted by Gasteiger charge is -2.01. The Balaban J connectivity index is 1.90. The third kappa shape index (κ3) is 3.48. The monoisotopic (exact) mass is 327 g/mol. The van der Waals surface area contributed by atoms with Crippen molar-refractivity contribution in [1.82, 2.24) is 9.38 Å². The van der Waals surface area contributed by atoms with Crippen molar-refractivity contribution in [2.24, 2.45) is 11.1 Å². The normalized spacial score (nSPS) is 11.6. The molecule has 2 heterocycles. The van der Waals surface area contributed by atoms with Gasteiger partial charge in [0.15, 0.2) is 4.96 Å². The van der Waals surface area contributed by atoms with E-state index in [-0.39, 0.29) is 11.9 Å². The summed E-state index contributed by atoms with van der Waals surface area (Å²) in [6.45, 7) is 3.93. The molecular weight excluding hydrogens is 310 g/mol. The minimum atomic E-state index is -0.330. The van der Waals surface area contributed by atoms with Crippen molar-refractivity contribution in [2.45, 2.75) is 20.3 Å². The first-order valence-corrected chi connectivity index (χ1v) is 8.27. The van der Waals surface area contributed by atoms with Crippen molar-refractivity contribution in [1.29, 1.82) is 0 Å². The lowest BCUT2D eigenvalue weighted by molar-refractivity contribution is -0.144. The zero-order valence-electron chi connectivity index (χ0n) is 13.0. The Bertz CT molecular complexity index is 834. The number of benzene rings is 1. The number of hydrogen-bond acceptors (Lipinski definition) is 5. The van der Waals surface area contributed by atoms with Crippen LogP contribution in [0, 0.1) is 5.92 Å². The van der Waals surface area contributed by atoms with E-state index in [1.165, 1.54) is 0 Å². The first-order chi connectivity index (χ1) is 11.1. The maximum Gasteiger partial charge on any atom is 0.335 e. The molecule has 0 N–H and O–H groups in total. The minimum absolute atomic E-state index is 0.246. The van der Waals surface area contributed by atoms with Gasteiger partial charge in [0.25, 0.3) is 0 Å². The molecule has 0 aliphatic rings. The third-order valence-electron chi connectivity index (χ3n) is 3.25. The molecule has 0 atom stereocenters. The summed E-state index contributed by atoms with van der Waals surface area (Å²) >= 11 is 1.55. The molecule has 0 aliphatic heterocycles. The molecule has 2 aromatic heterocycles. The van der Waals surface area contributed by atoms with Gasteiger partial charge >= 0.3 is 5.97 Å². The van der Waals surface area contributed by atoms with E-state index in [2.05, 4.69) is 10.1 Å². The molecular formula is C17H17N3O2S. The van der Waals surface area contributed by atoms with E-state index in [1.54, 1.807) is 17.6 Å². The molecule has 23 heavy (non-hydrogen) atoms. The maximum absolute atomic E-state index is 11.6. The van der Waals surface area contributed by atoms with Crippen molar-refractivity contribution < 1.29 is 9.63 Å². The van der Waals surface area contributed by atoms with E-state index in [1.807, 2.05) is 60.2 Å². The predicted molar refractivity (Wildman–Crippen MR) is 91.6 cm³/mol.